The van der Waals surface area contributed by atoms with Gasteiger partial charge in [0, 0.05) is 0 Å². The molecule has 2 rings (SSSR count). The van der Waals surface area contributed by atoms with Gasteiger partial charge in [-0.05, 0) is 38.5 Å². The van der Waals surface area contributed by atoms with E-state index in [1.807, 2.05) is 0 Å². The third-order valence-corrected chi connectivity index (χ3v) is 2.77. The van der Waals surface area contributed by atoms with E-state index in [1.54, 1.807) is 39.0 Å². The number of rotatable bonds is 3. The van der Waals surface area contributed by atoms with Crippen LogP contribution in [0.1, 0.15) is 32.4 Å². The van der Waals surface area contributed by atoms with E-state index in [4.69, 9.17) is 14.2 Å². The Morgan fingerprint density at radius 1 is 1.37 bits per heavy atom. The van der Waals surface area contributed by atoms with Crippen LogP contribution in [0.2, 0.25) is 0 Å². The Hall–Kier alpha value is -1.75. The monoisotopic (exact) mass is 266 g/mol. The molecule has 5 heteroatoms. The quantitative estimate of drug-likeness (QED) is 0.848. The number of aliphatic hydroxyl groups is 1. The van der Waals surface area contributed by atoms with Gasteiger partial charge >= 0.3 is 5.97 Å². The first-order chi connectivity index (χ1) is 8.88. The number of ether oxygens (including phenoxy) is 3. The lowest BCUT2D eigenvalue weighted by molar-refractivity contribution is -0.156. The molecule has 0 bridgehead atoms. The molecule has 5 nitrogen and oxygen atoms in total. The summed E-state index contributed by atoms with van der Waals surface area (Å²) in [4.78, 5) is 11.6. The van der Waals surface area contributed by atoms with Crippen LogP contribution in [-0.2, 0) is 9.53 Å². The third kappa shape index (κ3) is 3.17. The van der Waals surface area contributed by atoms with Crippen LogP contribution in [0.25, 0.3) is 0 Å². The Morgan fingerprint density at radius 2 is 2.05 bits per heavy atom. The summed E-state index contributed by atoms with van der Waals surface area (Å²) < 4.78 is 15.5. The van der Waals surface area contributed by atoms with Crippen molar-refractivity contribution < 1.29 is 24.1 Å². The van der Waals surface area contributed by atoms with Crippen molar-refractivity contribution in [1.82, 2.24) is 0 Å². The summed E-state index contributed by atoms with van der Waals surface area (Å²) in [5.41, 5.74) is 0.0557. The van der Waals surface area contributed by atoms with Crippen molar-refractivity contribution in [3.63, 3.8) is 0 Å². The minimum atomic E-state index is -0.874. The van der Waals surface area contributed by atoms with Gasteiger partial charge < -0.3 is 19.3 Å². The summed E-state index contributed by atoms with van der Waals surface area (Å²) in [5, 5.41) is 9.99. The number of hydrogen-bond acceptors (Lipinski definition) is 5. The maximum absolute atomic E-state index is 11.6. The average Bonchev–Trinajstić information content (AvgIpc) is 2.81. The lowest BCUT2D eigenvalue weighted by Crippen LogP contribution is -2.25. The molecule has 1 aliphatic heterocycles. The summed E-state index contributed by atoms with van der Waals surface area (Å²) in [7, 11) is 0. The lowest BCUT2D eigenvalue weighted by Gasteiger charge is -2.18. The highest BCUT2D eigenvalue weighted by atomic mass is 16.7. The zero-order valence-electron chi connectivity index (χ0n) is 11.3. The number of aliphatic hydroxyl groups excluding tert-OH is 1. The standard InChI is InChI=1S/C14H18O5/c1-14(2,3)13(16)17-7-10(15)9-4-5-11-12(6-9)19-8-18-11/h4-6,10,15H,7-8H2,1-3H3/t10-/m0/s1. The maximum Gasteiger partial charge on any atom is 0.311 e. The Balaban J connectivity index is 1.97. The molecule has 104 valence electrons. The SMILES string of the molecule is CC(C)(C)C(=O)OC[C@H](O)c1ccc2c(c1)OCO2. The summed E-state index contributed by atoms with van der Waals surface area (Å²) in [6.45, 7) is 5.41. The smallest absolute Gasteiger partial charge is 0.311 e. The largest absolute Gasteiger partial charge is 0.462 e. The van der Waals surface area contributed by atoms with Gasteiger partial charge in [-0.25, -0.2) is 0 Å². The average molecular weight is 266 g/mol. The molecule has 1 atom stereocenters. The predicted octanol–water partition coefficient (Wildman–Crippen LogP) is 2.04. The van der Waals surface area contributed by atoms with Crippen LogP contribution in [0.15, 0.2) is 18.2 Å². The Kier molecular flexibility index (Phi) is 3.66. The first-order valence-electron chi connectivity index (χ1n) is 6.13. The third-order valence-electron chi connectivity index (χ3n) is 2.77. The highest BCUT2D eigenvalue weighted by molar-refractivity contribution is 5.75. The van der Waals surface area contributed by atoms with Crippen LogP contribution >= 0.6 is 0 Å². The molecule has 0 saturated carbocycles. The van der Waals surface area contributed by atoms with E-state index in [0.29, 0.717) is 17.1 Å². The normalized spacial score (nSPS) is 15.2. The summed E-state index contributed by atoms with van der Waals surface area (Å²) >= 11 is 0. The van der Waals surface area contributed by atoms with E-state index in [9.17, 15) is 9.90 Å². The zero-order valence-corrected chi connectivity index (χ0v) is 11.3. The zero-order chi connectivity index (χ0) is 14.0. The van der Waals surface area contributed by atoms with Gasteiger partial charge in [-0.2, -0.15) is 0 Å². The van der Waals surface area contributed by atoms with Gasteiger partial charge in [0.2, 0.25) is 6.79 Å². The molecule has 19 heavy (non-hydrogen) atoms. The molecule has 1 aromatic carbocycles. The van der Waals surface area contributed by atoms with Crippen molar-refractivity contribution in [3.8, 4) is 11.5 Å². The highest BCUT2D eigenvalue weighted by Crippen LogP contribution is 2.34. The van der Waals surface area contributed by atoms with E-state index in [2.05, 4.69) is 0 Å². The van der Waals surface area contributed by atoms with Crippen LogP contribution in [0, 0.1) is 5.41 Å². The molecule has 0 spiro atoms. The summed E-state index contributed by atoms with van der Waals surface area (Å²) in [5.74, 6) is 0.911. The second-order valence-electron chi connectivity index (χ2n) is 5.48. The molecule has 1 heterocycles. The minimum Gasteiger partial charge on any atom is -0.462 e. The first kappa shape index (κ1) is 13.7. The van der Waals surface area contributed by atoms with E-state index < -0.39 is 11.5 Å². The van der Waals surface area contributed by atoms with E-state index >= 15 is 0 Å². The van der Waals surface area contributed by atoms with Gasteiger partial charge in [0.05, 0.1) is 5.41 Å². The molecule has 0 unspecified atom stereocenters. The van der Waals surface area contributed by atoms with Gasteiger partial charge in [0.25, 0.3) is 0 Å². The predicted molar refractivity (Wildman–Crippen MR) is 67.9 cm³/mol. The maximum atomic E-state index is 11.6. The van der Waals surface area contributed by atoms with Crippen LogP contribution in [0.3, 0.4) is 0 Å². The summed E-state index contributed by atoms with van der Waals surface area (Å²) in [6.07, 6.45) is -0.874. The van der Waals surface area contributed by atoms with E-state index in [1.165, 1.54) is 0 Å². The number of hydrogen-bond donors (Lipinski definition) is 1. The fourth-order valence-corrected chi connectivity index (χ4v) is 1.59. The summed E-state index contributed by atoms with van der Waals surface area (Å²) in [6, 6.07) is 5.15. The number of carbonyl (C=O) groups is 1. The fourth-order valence-electron chi connectivity index (χ4n) is 1.59. The van der Waals surface area contributed by atoms with Crippen LogP contribution < -0.4 is 9.47 Å². The van der Waals surface area contributed by atoms with E-state index in [-0.39, 0.29) is 19.4 Å². The lowest BCUT2D eigenvalue weighted by atomic mass is 9.97. The van der Waals surface area contributed by atoms with Crippen molar-refractivity contribution in [2.45, 2.75) is 26.9 Å². The van der Waals surface area contributed by atoms with Gasteiger partial charge in [-0.1, -0.05) is 6.07 Å². The molecular weight excluding hydrogens is 248 g/mol. The number of fused-ring (bicyclic) bond motifs is 1. The van der Waals surface area contributed by atoms with Gasteiger partial charge in [-0.15, -0.1) is 0 Å². The van der Waals surface area contributed by atoms with Crippen molar-refractivity contribution in [2.75, 3.05) is 13.4 Å². The molecule has 0 amide bonds. The number of benzene rings is 1. The van der Waals surface area contributed by atoms with Gasteiger partial charge in [0.15, 0.2) is 11.5 Å². The Labute approximate surface area is 112 Å². The second kappa shape index (κ2) is 5.09. The van der Waals surface area contributed by atoms with Crippen molar-refractivity contribution >= 4 is 5.97 Å². The van der Waals surface area contributed by atoms with Crippen LogP contribution in [0.5, 0.6) is 11.5 Å². The van der Waals surface area contributed by atoms with Crippen molar-refractivity contribution in [3.05, 3.63) is 23.8 Å². The molecule has 0 fully saturated rings. The molecule has 0 aliphatic carbocycles. The molecule has 0 saturated heterocycles. The Morgan fingerprint density at radius 3 is 2.74 bits per heavy atom. The van der Waals surface area contributed by atoms with Gasteiger partial charge in [0.1, 0.15) is 12.7 Å². The molecule has 0 aromatic heterocycles. The molecule has 1 aliphatic rings. The first-order valence-corrected chi connectivity index (χ1v) is 6.13. The van der Waals surface area contributed by atoms with Crippen molar-refractivity contribution in [2.24, 2.45) is 5.41 Å². The molecule has 0 radical (unpaired) electrons. The highest BCUT2D eigenvalue weighted by Gasteiger charge is 2.24. The molecule has 1 aromatic rings. The topological polar surface area (TPSA) is 65.0 Å². The fraction of sp³-hybridized carbons (Fsp3) is 0.500. The van der Waals surface area contributed by atoms with E-state index in [0.717, 1.165) is 0 Å². The van der Waals surface area contributed by atoms with Crippen LogP contribution in [0.4, 0.5) is 0 Å². The second-order valence-corrected chi connectivity index (χ2v) is 5.48. The van der Waals surface area contributed by atoms with Gasteiger partial charge in [-0.3, -0.25) is 4.79 Å². The molecule has 1 N–H and O–H groups in total. The number of esters is 1. The molecular formula is C14H18O5. The Bertz CT molecular complexity index is 475. The number of carbonyl (C=O) groups excluding carboxylic acids is 1. The van der Waals surface area contributed by atoms with Crippen LogP contribution in [-0.4, -0.2) is 24.5 Å². The van der Waals surface area contributed by atoms with Crippen molar-refractivity contribution in [1.29, 1.82) is 0 Å². The minimum absolute atomic E-state index is 0.0737.